The SMILES string of the molecule is CCOC(=O)C1(NCCOC)CC(C(C)C)C1. The Kier molecular flexibility index (Phi) is 5.40. The molecule has 17 heavy (non-hydrogen) atoms. The van der Waals surface area contributed by atoms with E-state index in [-0.39, 0.29) is 5.97 Å². The molecule has 0 unspecified atom stereocenters. The highest BCUT2D eigenvalue weighted by atomic mass is 16.5. The van der Waals surface area contributed by atoms with E-state index in [2.05, 4.69) is 19.2 Å². The van der Waals surface area contributed by atoms with Crippen molar-refractivity contribution in [3.05, 3.63) is 0 Å². The van der Waals surface area contributed by atoms with Gasteiger partial charge >= 0.3 is 5.97 Å². The quantitative estimate of drug-likeness (QED) is 0.545. The Morgan fingerprint density at radius 3 is 2.59 bits per heavy atom. The molecule has 0 heterocycles. The topological polar surface area (TPSA) is 47.6 Å². The molecule has 1 aliphatic carbocycles. The van der Waals surface area contributed by atoms with E-state index in [0.717, 1.165) is 12.8 Å². The van der Waals surface area contributed by atoms with Gasteiger partial charge in [0.15, 0.2) is 0 Å². The van der Waals surface area contributed by atoms with Crippen LogP contribution in [-0.4, -0.2) is 38.4 Å². The molecule has 0 spiro atoms. The number of ether oxygens (including phenoxy) is 2. The second-order valence-electron chi connectivity index (χ2n) is 5.13. The largest absolute Gasteiger partial charge is 0.465 e. The highest BCUT2D eigenvalue weighted by Crippen LogP contribution is 2.42. The Morgan fingerprint density at radius 2 is 2.12 bits per heavy atom. The zero-order chi connectivity index (χ0) is 12.9. The molecule has 100 valence electrons. The minimum absolute atomic E-state index is 0.104. The van der Waals surface area contributed by atoms with Gasteiger partial charge in [-0.05, 0) is 31.6 Å². The van der Waals surface area contributed by atoms with Gasteiger partial charge in [-0.25, -0.2) is 0 Å². The van der Waals surface area contributed by atoms with Crippen LogP contribution in [0.25, 0.3) is 0 Å². The number of carbonyl (C=O) groups is 1. The first-order valence-corrected chi connectivity index (χ1v) is 6.47. The summed E-state index contributed by atoms with van der Waals surface area (Å²) in [6.07, 6.45) is 1.76. The van der Waals surface area contributed by atoms with Crippen molar-refractivity contribution in [3.63, 3.8) is 0 Å². The lowest BCUT2D eigenvalue weighted by molar-refractivity contribution is -0.159. The van der Waals surface area contributed by atoms with E-state index in [9.17, 15) is 4.79 Å². The van der Waals surface area contributed by atoms with Crippen molar-refractivity contribution in [1.29, 1.82) is 0 Å². The maximum Gasteiger partial charge on any atom is 0.326 e. The van der Waals surface area contributed by atoms with Crippen LogP contribution in [0.4, 0.5) is 0 Å². The van der Waals surface area contributed by atoms with Crippen molar-refractivity contribution < 1.29 is 14.3 Å². The lowest BCUT2D eigenvalue weighted by Crippen LogP contribution is -2.62. The zero-order valence-corrected chi connectivity index (χ0v) is 11.4. The van der Waals surface area contributed by atoms with Crippen LogP contribution in [0.3, 0.4) is 0 Å². The van der Waals surface area contributed by atoms with Crippen molar-refractivity contribution in [2.45, 2.75) is 39.2 Å². The summed E-state index contributed by atoms with van der Waals surface area (Å²) in [6.45, 7) is 8.01. The number of hydrogen-bond donors (Lipinski definition) is 1. The molecule has 1 saturated carbocycles. The van der Waals surface area contributed by atoms with E-state index < -0.39 is 5.54 Å². The Labute approximate surface area is 104 Å². The average molecular weight is 243 g/mol. The second kappa shape index (κ2) is 6.36. The van der Waals surface area contributed by atoms with Crippen LogP contribution in [0.2, 0.25) is 0 Å². The van der Waals surface area contributed by atoms with Gasteiger partial charge in [0.1, 0.15) is 5.54 Å². The molecular weight excluding hydrogens is 218 g/mol. The molecule has 1 rings (SSSR count). The number of carbonyl (C=O) groups excluding carboxylic acids is 1. The normalized spacial score (nSPS) is 27.9. The fraction of sp³-hybridized carbons (Fsp3) is 0.923. The van der Waals surface area contributed by atoms with Gasteiger partial charge in [0, 0.05) is 13.7 Å². The molecule has 0 radical (unpaired) electrons. The Morgan fingerprint density at radius 1 is 1.47 bits per heavy atom. The molecule has 0 saturated heterocycles. The molecule has 0 aromatic carbocycles. The standard InChI is InChI=1S/C13H25NO3/c1-5-17-12(15)13(14-6-7-16-4)8-11(9-13)10(2)3/h10-11,14H,5-9H2,1-4H3. The molecule has 0 amide bonds. The lowest BCUT2D eigenvalue weighted by Gasteiger charge is -2.47. The van der Waals surface area contributed by atoms with Gasteiger partial charge in [0.25, 0.3) is 0 Å². The number of nitrogens with one attached hydrogen (secondary N) is 1. The predicted molar refractivity (Wildman–Crippen MR) is 66.8 cm³/mol. The minimum Gasteiger partial charge on any atom is -0.465 e. The Balaban J connectivity index is 2.52. The summed E-state index contributed by atoms with van der Waals surface area (Å²) in [5.41, 5.74) is -0.455. The fourth-order valence-electron chi connectivity index (χ4n) is 2.35. The molecule has 1 aliphatic rings. The maximum atomic E-state index is 12.0. The van der Waals surface area contributed by atoms with Crippen LogP contribution in [0.5, 0.6) is 0 Å². The summed E-state index contributed by atoms with van der Waals surface area (Å²) in [5, 5.41) is 3.30. The van der Waals surface area contributed by atoms with E-state index in [4.69, 9.17) is 9.47 Å². The van der Waals surface area contributed by atoms with Crippen LogP contribution in [-0.2, 0) is 14.3 Å². The first-order valence-electron chi connectivity index (χ1n) is 6.47. The van der Waals surface area contributed by atoms with E-state index in [1.54, 1.807) is 7.11 Å². The van der Waals surface area contributed by atoms with Gasteiger partial charge in [0.05, 0.1) is 13.2 Å². The van der Waals surface area contributed by atoms with Crippen molar-refractivity contribution >= 4 is 5.97 Å². The van der Waals surface area contributed by atoms with Crippen LogP contribution < -0.4 is 5.32 Å². The smallest absolute Gasteiger partial charge is 0.326 e. The van der Waals surface area contributed by atoms with Crippen molar-refractivity contribution in [2.24, 2.45) is 11.8 Å². The monoisotopic (exact) mass is 243 g/mol. The summed E-state index contributed by atoms with van der Waals surface area (Å²) >= 11 is 0. The minimum atomic E-state index is -0.455. The summed E-state index contributed by atoms with van der Waals surface area (Å²) in [7, 11) is 1.66. The van der Waals surface area contributed by atoms with E-state index in [1.165, 1.54) is 0 Å². The third kappa shape index (κ3) is 3.42. The summed E-state index contributed by atoms with van der Waals surface area (Å²) in [5.74, 6) is 1.14. The van der Waals surface area contributed by atoms with Crippen LogP contribution in [0, 0.1) is 11.8 Å². The third-order valence-corrected chi connectivity index (χ3v) is 3.60. The fourth-order valence-corrected chi connectivity index (χ4v) is 2.35. The predicted octanol–water partition coefficient (Wildman–Crippen LogP) is 1.59. The van der Waals surface area contributed by atoms with Crippen molar-refractivity contribution in [2.75, 3.05) is 26.9 Å². The van der Waals surface area contributed by atoms with Gasteiger partial charge in [-0.2, -0.15) is 0 Å². The van der Waals surface area contributed by atoms with Crippen molar-refractivity contribution in [1.82, 2.24) is 5.32 Å². The third-order valence-electron chi connectivity index (χ3n) is 3.60. The molecule has 1 fully saturated rings. The highest BCUT2D eigenvalue weighted by Gasteiger charge is 2.51. The van der Waals surface area contributed by atoms with Gasteiger partial charge in [0.2, 0.25) is 0 Å². The number of hydrogen-bond acceptors (Lipinski definition) is 4. The van der Waals surface area contributed by atoms with Gasteiger partial charge in [-0.3, -0.25) is 10.1 Å². The maximum absolute atomic E-state index is 12.0. The summed E-state index contributed by atoms with van der Waals surface area (Å²) in [4.78, 5) is 12.0. The van der Waals surface area contributed by atoms with E-state index in [0.29, 0.717) is 31.6 Å². The van der Waals surface area contributed by atoms with Crippen molar-refractivity contribution in [3.8, 4) is 0 Å². The van der Waals surface area contributed by atoms with Crippen LogP contribution >= 0.6 is 0 Å². The molecule has 4 heteroatoms. The summed E-state index contributed by atoms with van der Waals surface area (Å²) < 4.78 is 10.2. The second-order valence-corrected chi connectivity index (χ2v) is 5.13. The molecule has 0 aromatic heterocycles. The van der Waals surface area contributed by atoms with Gasteiger partial charge in [-0.15, -0.1) is 0 Å². The molecule has 0 atom stereocenters. The number of methoxy groups -OCH3 is 1. The van der Waals surface area contributed by atoms with Crippen LogP contribution in [0.15, 0.2) is 0 Å². The number of rotatable bonds is 7. The Bertz CT molecular complexity index is 247. The molecular formula is C13H25NO3. The van der Waals surface area contributed by atoms with E-state index >= 15 is 0 Å². The number of esters is 1. The van der Waals surface area contributed by atoms with E-state index in [1.807, 2.05) is 6.92 Å². The zero-order valence-electron chi connectivity index (χ0n) is 11.4. The molecule has 0 aromatic rings. The first-order chi connectivity index (χ1) is 8.05. The highest BCUT2D eigenvalue weighted by molar-refractivity contribution is 5.82. The van der Waals surface area contributed by atoms with Crippen LogP contribution in [0.1, 0.15) is 33.6 Å². The molecule has 0 bridgehead atoms. The summed E-state index contributed by atoms with van der Waals surface area (Å²) in [6, 6.07) is 0. The molecule has 0 aliphatic heterocycles. The average Bonchev–Trinajstić information content (AvgIpc) is 2.21. The molecule has 1 N–H and O–H groups in total. The Hall–Kier alpha value is -0.610. The first kappa shape index (κ1) is 14.5. The van der Waals surface area contributed by atoms with Gasteiger partial charge < -0.3 is 9.47 Å². The van der Waals surface area contributed by atoms with Gasteiger partial charge in [-0.1, -0.05) is 13.8 Å². The molecule has 4 nitrogen and oxygen atoms in total. The lowest BCUT2D eigenvalue weighted by atomic mass is 9.64.